The number of aliphatic hydroxyl groups is 1. The summed E-state index contributed by atoms with van der Waals surface area (Å²) in [5.41, 5.74) is 8.00. The molecule has 0 fully saturated rings. The quantitative estimate of drug-likeness (QED) is 0.628. The first-order valence-corrected chi connectivity index (χ1v) is 5.44. The molecular weight excluding hydrogens is 204 g/mol. The van der Waals surface area contributed by atoms with E-state index in [0.29, 0.717) is 19.7 Å². The number of benzene rings is 1. The van der Waals surface area contributed by atoms with Crippen molar-refractivity contribution in [2.24, 2.45) is 5.73 Å². The fraction of sp³-hybridized carbons (Fsp3) is 0.500. The molecular formula is C12H20N2O2. The van der Waals surface area contributed by atoms with Crippen LogP contribution in [0.25, 0.3) is 0 Å². The average Bonchev–Trinajstić information content (AvgIpc) is 2.32. The Morgan fingerprint density at radius 2 is 2.19 bits per heavy atom. The third-order valence-electron chi connectivity index (χ3n) is 2.47. The summed E-state index contributed by atoms with van der Waals surface area (Å²) in [5.74, 6) is 0. The minimum atomic E-state index is 0.0681. The number of nitrogens with two attached hydrogens (primary N) is 1. The highest BCUT2D eigenvalue weighted by Gasteiger charge is 2.12. The lowest BCUT2D eigenvalue weighted by Crippen LogP contribution is -2.31. The van der Waals surface area contributed by atoms with Crippen molar-refractivity contribution in [2.45, 2.75) is 12.6 Å². The van der Waals surface area contributed by atoms with Crippen molar-refractivity contribution in [2.75, 3.05) is 26.8 Å². The van der Waals surface area contributed by atoms with E-state index in [1.807, 2.05) is 24.3 Å². The van der Waals surface area contributed by atoms with Gasteiger partial charge >= 0.3 is 0 Å². The molecule has 0 saturated carbocycles. The van der Waals surface area contributed by atoms with E-state index in [9.17, 15) is 0 Å². The molecule has 1 atom stereocenters. The summed E-state index contributed by atoms with van der Waals surface area (Å²) in [7, 11) is 1.68. The Kier molecular flexibility index (Phi) is 6.03. The van der Waals surface area contributed by atoms with Gasteiger partial charge in [0.25, 0.3) is 0 Å². The molecule has 0 amide bonds. The standard InChI is InChI=1S/C12H20N2O2/c1-16-9-10-4-2-3-5-11(10)12(8-13)14-6-7-15/h2-5,12,14-15H,6-9,13H2,1H3. The molecule has 4 nitrogen and oxygen atoms in total. The average molecular weight is 224 g/mol. The predicted molar refractivity (Wildman–Crippen MR) is 64.0 cm³/mol. The molecule has 0 bridgehead atoms. The van der Waals surface area contributed by atoms with Crippen molar-refractivity contribution in [3.8, 4) is 0 Å². The van der Waals surface area contributed by atoms with Gasteiger partial charge in [-0.25, -0.2) is 0 Å². The van der Waals surface area contributed by atoms with Crippen LogP contribution in [0.15, 0.2) is 24.3 Å². The zero-order valence-electron chi connectivity index (χ0n) is 9.65. The Balaban J connectivity index is 2.81. The molecule has 1 aromatic carbocycles. The van der Waals surface area contributed by atoms with Crippen LogP contribution in [0.2, 0.25) is 0 Å². The third-order valence-corrected chi connectivity index (χ3v) is 2.47. The lowest BCUT2D eigenvalue weighted by Gasteiger charge is -2.19. The lowest BCUT2D eigenvalue weighted by atomic mass is 10.0. The highest BCUT2D eigenvalue weighted by atomic mass is 16.5. The van der Waals surface area contributed by atoms with Crippen molar-refractivity contribution in [3.63, 3.8) is 0 Å². The molecule has 4 heteroatoms. The van der Waals surface area contributed by atoms with Crippen LogP contribution in [0.3, 0.4) is 0 Å². The normalized spacial score (nSPS) is 12.7. The molecule has 1 unspecified atom stereocenters. The van der Waals surface area contributed by atoms with Crippen LogP contribution in [-0.2, 0) is 11.3 Å². The molecule has 0 aromatic heterocycles. The topological polar surface area (TPSA) is 67.5 Å². The number of aliphatic hydroxyl groups excluding tert-OH is 1. The van der Waals surface area contributed by atoms with Gasteiger partial charge in [-0.2, -0.15) is 0 Å². The third kappa shape index (κ3) is 3.57. The number of hydrogen-bond donors (Lipinski definition) is 3. The Bertz CT molecular complexity index is 305. The Labute approximate surface area is 96.4 Å². The SMILES string of the molecule is COCc1ccccc1C(CN)NCCO. The van der Waals surface area contributed by atoms with Gasteiger partial charge in [-0.1, -0.05) is 24.3 Å². The fourth-order valence-electron chi connectivity index (χ4n) is 1.72. The maximum Gasteiger partial charge on any atom is 0.0716 e. The highest BCUT2D eigenvalue weighted by molar-refractivity contribution is 5.29. The Morgan fingerprint density at radius 1 is 1.44 bits per heavy atom. The van der Waals surface area contributed by atoms with E-state index in [2.05, 4.69) is 5.32 Å². The monoisotopic (exact) mass is 224 g/mol. The summed E-state index contributed by atoms with van der Waals surface area (Å²) in [6.45, 7) is 1.74. The van der Waals surface area contributed by atoms with Crippen molar-refractivity contribution < 1.29 is 9.84 Å². The van der Waals surface area contributed by atoms with Crippen LogP contribution in [0.5, 0.6) is 0 Å². The number of ether oxygens (including phenoxy) is 1. The summed E-state index contributed by atoms with van der Waals surface area (Å²) in [6, 6.07) is 8.10. The molecule has 1 aromatic rings. The van der Waals surface area contributed by atoms with E-state index >= 15 is 0 Å². The summed E-state index contributed by atoms with van der Waals surface area (Å²) in [5, 5.41) is 12.0. The van der Waals surface area contributed by atoms with Crippen LogP contribution in [0, 0.1) is 0 Å². The van der Waals surface area contributed by atoms with Gasteiger partial charge in [0.1, 0.15) is 0 Å². The van der Waals surface area contributed by atoms with Crippen molar-refractivity contribution >= 4 is 0 Å². The van der Waals surface area contributed by atoms with Gasteiger partial charge in [0, 0.05) is 26.2 Å². The summed E-state index contributed by atoms with van der Waals surface area (Å²) < 4.78 is 5.15. The molecule has 0 spiro atoms. The second-order valence-electron chi connectivity index (χ2n) is 3.60. The molecule has 0 radical (unpaired) electrons. The molecule has 4 N–H and O–H groups in total. The summed E-state index contributed by atoms with van der Waals surface area (Å²) in [4.78, 5) is 0. The van der Waals surface area contributed by atoms with Gasteiger partial charge in [-0.05, 0) is 11.1 Å². The smallest absolute Gasteiger partial charge is 0.0716 e. The molecule has 0 saturated heterocycles. The molecule has 0 aliphatic heterocycles. The van der Waals surface area contributed by atoms with Gasteiger partial charge in [0.05, 0.1) is 13.2 Å². The van der Waals surface area contributed by atoms with E-state index in [4.69, 9.17) is 15.6 Å². The number of methoxy groups -OCH3 is 1. The zero-order chi connectivity index (χ0) is 11.8. The van der Waals surface area contributed by atoms with E-state index in [1.54, 1.807) is 7.11 Å². The van der Waals surface area contributed by atoms with Gasteiger partial charge in [-0.15, -0.1) is 0 Å². The van der Waals surface area contributed by atoms with Gasteiger partial charge in [0.15, 0.2) is 0 Å². The summed E-state index contributed by atoms with van der Waals surface area (Å²) in [6.07, 6.45) is 0. The minimum Gasteiger partial charge on any atom is -0.395 e. The molecule has 0 aliphatic carbocycles. The first-order valence-electron chi connectivity index (χ1n) is 5.44. The van der Waals surface area contributed by atoms with Gasteiger partial charge in [0.2, 0.25) is 0 Å². The number of rotatable bonds is 7. The molecule has 0 aliphatic rings. The number of nitrogens with one attached hydrogen (secondary N) is 1. The highest BCUT2D eigenvalue weighted by Crippen LogP contribution is 2.17. The summed E-state index contributed by atoms with van der Waals surface area (Å²) >= 11 is 0. The van der Waals surface area contributed by atoms with E-state index in [0.717, 1.165) is 11.1 Å². The molecule has 0 heterocycles. The number of hydrogen-bond acceptors (Lipinski definition) is 4. The predicted octanol–water partition coefficient (Wildman–Crippen LogP) is 0.415. The van der Waals surface area contributed by atoms with Crippen molar-refractivity contribution in [1.29, 1.82) is 0 Å². The van der Waals surface area contributed by atoms with Crippen molar-refractivity contribution in [3.05, 3.63) is 35.4 Å². The zero-order valence-corrected chi connectivity index (χ0v) is 9.65. The Morgan fingerprint density at radius 3 is 2.81 bits per heavy atom. The van der Waals surface area contributed by atoms with Crippen LogP contribution < -0.4 is 11.1 Å². The maximum atomic E-state index is 8.80. The van der Waals surface area contributed by atoms with Crippen LogP contribution in [0.1, 0.15) is 17.2 Å². The first kappa shape index (κ1) is 13.1. The second kappa shape index (κ2) is 7.35. The second-order valence-corrected chi connectivity index (χ2v) is 3.60. The fourth-order valence-corrected chi connectivity index (χ4v) is 1.72. The minimum absolute atomic E-state index is 0.0681. The van der Waals surface area contributed by atoms with Gasteiger partial charge < -0.3 is 20.9 Å². The maximum absolute atomic E-state index is 8.80. The molecule has 16 heavy (non-hydrogen) atoms. The van der Waals surface area contributed by atoms with Crippen LogP contribution >= 0.6 is 0 Å². The van der Waals surface area contributed by atoms with Gasteiger partial charge in [-0.3, -0.25) is 0 Å². The largest absolute Gasteiger partial charge is 0.395 e. The Hall–Kier alpha value is -0.940. The van der Waals surface area contributed by atoms with Crippen molar-refractivity contribution in [1.82, 2.24) is 5.32 Å². The van der Waals surface area contributed by atoms with Crippen LogP contribution in [0.4, 0.5) is 0 Å². The van der Waals surface area contributed by atoms with E-state index < -0.39 is 0 Å². The molecule has 1 rings (SSSR count). The molecule has 90 valence electrons. The van der Waals surface area contributed by atoms with E-state index in [-0.39, 0.29) is 12.6 Å². The van der Waals surface area contributed by atoms with E-state index in [1.165, 1.54) is 0 Å². The first-order chi connectivity index (χ1) is 7.83. The lowest BCUT2D eigenvalue weighted by molar-refractivity contribution is 0.183. The van der Waals surface area contributed by atoms with Crippen LogP contribution in [-0.4, -0.2) is 31.9 Å².